The first-order valence-electron chi connectivity index (χ1n) is 7.37. The highest BCUT2D eigenvalue weighted by Crippen LogP contribution is 2.16. The maximum atomic E-state index is 12.3. The topological polar surface area (TPSA) is 72.2 Å². The molecular weight excluding hydrogens is 312 g/mol. The van der Waals surface area contributed by atoms with Crippen molar-refractivity contribution in [2.24, 2.45) is 0 Å². The number of rotatable bonds is 5. The van der Waals surface area contributed by atoms with E-state index in [0.29, 0.717) is 17.9 Å². The van der Waals surface area contributed by atoms with Crippen LogP contribution in [-0.4, -0.2) is 19.9 Å². The fourth-order valence-electron chi connectivity index (χ4n) is 2.28. The highest BCUT2D eigenvalue weighted by molar-refractivity contribution is 7.89. The number of hydrogen-bond acceptors (Lipinski definition) is 4. The van der Waals surface area contributed by atoms with E-state index in [4.69, 9.17) is 4.42 Å². The van der Waals surface area contributed by atoms with Gasteiger partial charge in [0, 0.05) is 13.0 Å². The number of nitrogens with zero attached hydrogens (tertiary/aromatic N) is 1. The van der Waals surface area contributed by atoms with Crippen molar-refractivity contribution in [2.45, 2.75) is 25.2 Å². The average molecular weight is 330 g/mol. The minimum atomic E-state index is -3.52. The maximum Gasteiger partial charge on any atom is 0.240 e. The molecule has 0 fully saturated rings. The molecule has 23 heavy (non-hydrogen) atoms. The van der Waals surface area contributed by atoms with E-state index in [-0.39, 0.29) is 11.4 Å². The molecule has 0 saturated carbocycles. The lowest BCUT2D eigenvalue weighted by atomic mass is 10.1. The normalized spacial score (nSPS) is 11.9. The van der Waals surface area contributed by atoms with Gasteiger partial charge in [-0.3, -0.25) is 0 Å². The van der Waals surface area contributed by atoms with Gasteiger partial charge in [-0.15, -0.1) is 0 Å². The molecule has 1 aromatic heterocycles. The van der Waals surface area contributed by atoms with E-state index in [1.165, 1.54) is 0 Å². The van der Waals surface area contributed by atoms with Gasteiger partial charge in [-0.2, -0.15) is 0 Å². The molecule has 0 saturated heterocycles. The van der Waals surface area contributed by atoms with E-state index >= 15 is 0 Å². The molecule has 2 aromatic carbocycles. The van der Waals surface area contributed by atoms with Crippen molar-refractivity contribution < 1.29 is 12.8 Å². The van der Waals surface area contributed by atoms with Crippen LogP contribution < -0.4 is 4.72 Å². The van der Waals surface area contributed by atoms with Crippen LogP contribution in [0.25, 0.3) is 11.1 Å². The lowest BCUT2D eigenvalue weighted by Crippen LogP contribution is -2.26. The number of nitrogens with one attached hydrogen (secondary N) is 1. The van der Waals surface area contributed by atoms with Crippen LogP contribution >= 0.6 is 0 Å². The first-order valence-corrected chi connectivity index (χ1v) is 8.85. The average Bonchev–Trinajstić information content (AvgIpc) is 2.92. The third-order valence-electron chi connectivity index (χ3n) is 3.76. The molecule has 0 aliphatic rings. The van der Waals surface area contributed by atoms with Crippen LogP contribution in [0.15, 0.2) is 51.8 Å². The molecule has 0 bridgehead atoms. The second-order valence-corrected chi connectivity index (χ2v) is 7.24. The Morgan fingerprint density at radius 2 is 1.87 bits per heavy atom. The Bertz CT molecular complexity index is 912. The Hall–Kier alpha value is -2.18. The molecule has 1 heterocycles. The van der Waals surface area contributed by atoms with Gasteiger partial charge in [-0.25, -0.2) is 18.1 Å². The van der Waals surface area contributed by atoms with Gasteiger partial charge in [0.25, 0.3) is 0 Å². The number of aromatic nitrogens is 1. The Morgan fingerprint density at radius 1 is 1.09 bits per heavy atom. The Balaban J connectivity index is 1.68. The number of hydrogen-bond donors (Lipinski definition) is 1. The van der Waals surface area contributed by atoms with Crippen molar-refractivity contribution in [1.29, 1.82) is 0 Å². The fourth-order valence-corrected chi connectivity index (χ4v) is 3.40. The molecule has 6 heteroatoms. The van der Waals surface area contributed by atoms with Gasteiger partial charge < -0.3 is 4.42 Å². The summed E-state index contributed by atoms with van der Waals surface area (Å²) in [6.45, 7) is 4.08. The summed E-state index contributed by atoms with van der Waals surface area (Å²) < 4.78 is 32.8. The predicted molar refractivity (Wildman–Crippen MR) is 88.8 cm³/mol. The van der Waals surface area contributed by atoms with Crippen LogP contribution in [-0.2, 0) is 16.4 Å². The van der Waals surface area contributed by atoms with E-state index in [1.54, 1.807) is 12.1 Å². The summed E-state index contributed by atoms with van der Waals surface area (Å²) in [7, 11) is -3.52. The first-order chi connectivity index (χ1) is 11.0. The summed E-state index contributed by atoms with van der Waals surface area (Å²) in [6, 6.07) is 12.6. The Kier molecular flexibility index (Phi) is 4.19. The van der Waals surface area contributed by atoms with E-state index in [0.717, 1.165) is 16.6 Å². The molecule has 0 unspecified atom stereocenters. The highest BCUT2D eigenvalue weighted by Gasteiger charge is 2.15. The quantitative estimate of drug-likeness (QED) is 0.780. The summed E-state index contributed by atoms with van der Waals surface area (Å²) in [5.74, 6) is 0.522. The number of benzene rings is 2. The number of para-hydroxylation sites is 2. The zero-order valence-electron chi connectivity index (χ0n) is 13.0. The second-order valence-electron chi connectivity index (χ2n) is 5.47. The summed E-state index contributed by atoms with van der Waals surface area (Å²) in [5.41, 5.74) is 3.50. The van der Waals surface area contributed by atoms with E-state index in [9.17, 15) is 8.42 Å². The van der Waals surface area contributed by atoms with Gasteiger partial charge in [0.2, 0.25) is 10.0 Å². The van der Waals surface area contributed by atoms with Crippen molar-refractivity contribution in [1.82, 2.24) is 9.71 Å². The molecule has 0 amide bonds. The van der Waals surface area contributed by atoms with Crippen LogP contribution in [0.3, 0.4) is 0 Å². The Morgan fingerprint density at radius 3 is 2.61 bits per heavy atom. The maximum absolute atomic E-state index is 12.3. The highest BCUT2D eigenvalue weighted by atomic mass is 32.2. The van der Waals surface area contributed by atoms with Crippen LogP contribution in [0, 0.1) is 13.8 Å². The minimum absolute atomic E-state index is 0.238. The van der Waals surface area contributed by atoms with Gasteiger partial charge in [0.15, 0.2) is 11.5 Å². The lowest BCUT2D eigenvalue weighted by molar-refractivity contribution is 0.523. The number of fused-ring (bicyclic) bond motifs is 1. The van der Waals surface area contributed by atoms with Gasteiger partial charge in [0.1, 0.15) is 5.52 Å². The van der Waals surface area contributed by atoms with Crippen molar-refractivity contribution in [3.05, 3.63) is 59.5 Å². The summed E-state index contributed by atoms with van der Waals surface area (Å²) in [4.78, 5) is 4.61. The molecule has 0 atom stereocenters. The first kappa shape index (κ1) is 15.7. The van der Waals surface area contributed by atoms with Crippen molar-refractivity contribution >= 4 is 21.1 Å². The van der Waals surface area contributed by atoms with Crippen LogP contribution in [0.2, 0.25) is 0 Å². The molecule has 0 aliphatic carbocycles. The molecule has 1 N–H and O–H groups in total. The molecule has 0 radical (unpaired) electrons. The van der Waals surface area contributed by atoms with Crippen LogP contribution in [0.1, 0.15) is 17.0 Å². The summed E-state index contributed by atoms with van der Waals surface area (Å²) in [6.07, 6.45) is 0.402. The van der Waals surface area contributed by atoms with Gasteiger partial charge >= 0.3 is 0 Å². The molecule has 5 nitrogen and oxygen atoms in total. The third-order valence-corrected chi connectivity index (χ3v) is 5.22. The zero-order valence-corrected chi connectivity index (χ0v) is 13.9. The summed E-state index contributed by atoms with van der Waals surface area (Å²) >= 11 is 0. The molecule has 0 aliphatic heterocycles. The standard InChI is InChI=1S/C17H18N2O3S/c1-12-7-8-14(11-13(12)2)23(20,21)18-10-9-17-19-15-5-3-4-6-16(15)22-17/h3-8,11,18H,9-10H2,1-2H3. The predicted octanol–water partition coefficient (Wildman–Crippen LogP) is 2.97. The van der Waals surface area contributed by atoms with Gasteiger partial charge in [-0.1, -0.05) is 18.2 Å². The number of aryl methyl sites for hydroxylation is 2. The van der Waals surface area contributed by atoms with Crippen LogP contribution in [0.5, 0.6) is 0 Å². The van der Waals surface area contributed by atoms with Crippen LogP contribution in [0.4, 0.5) is 0 Å². The molecule has 0 spiro atoms. The second kappa shape index (κ2) is 6.14. The molecule has 3 rings (SSSR count). The van der Waals surface area contributed by atoms with E-state index < -0.39 is 10.0 Å². The van der Waals surface area contributed by atoms with Crippen molar-refractivity contribution in [2.75, 3.05) is 6.54 Å². The largest absolute Gasteiger partial charge is 0.441 e. The minimum Gasteiger partial charge on any atom is -0.441 e. The monoisotopic (exact) mass is 330 g/mol. The zero-order chi connectivity index (χ0) is 16.4. The number of oxazole rings is 1. The molecular formula is C17H18N2O3S. The smallest absolute Gasteiger partial charge is 0.240 e. The van der Waals surface area contributed by atoms with Crippen molar-refractivity contribution in [3.63, 3.8) is 0 Å². The van der Waals surface area contributed by atoms with Gasteiger partial charge in [-0.05, 0) is 49.2 Å². The number of sulfonamides is 1. The molecule has 120 valence electrons. The fraction of sp³-hybridized carbons (Fsp3) is 0.235. The summed E-state index contributed by atoms with van der Waals surface area (Å²) in [5, 5.41) is 0. The van der Waals surface area contributed by atoms with E-state index in [2.05, 4.69) is 9.71 Å². The van der Waals surface area contributed by atoms with Gasteiger partial charge in [0.05, 0.1) is 4.90 Å². The van der Waals surface area contributed by atoms with Crippen molar-refractivity contribution in [3.8, 4) is 0 Å². The SMILES string of the molecule is Cc1ccc(S(=O)(=O)NCCc2nc3ccccc3o2)cc1C. The third kappa shape index (κ3) is 3.43. The van der Waals surface area contributed by atoms with E-state index in [1.807, 2.05) is 44.2 Å². The Labute approximate surface area is 135 Å². The lowest BCUT2D eigenvalue weighted by Gasteiger charge is -2.07. The molecule has 3 aromatic rings.